The van der Waals surface area contributed by atoms with Crippen LogP contribution in [0.4, 0.5) is 0 Å². The van der Waals surface area contributed by atoms with Crippen LogP contribution in [0.3, 0.4) is 0 Å². The Balaban J connectivity index is 2.56. The van der Waals surface area contributed by atoms with Crippen LogP contribution in [0, 0.1) is 5.21 Å². The van der Waals surface area contributed by atoms with E-state index in [1.165, 1.54) is 7.05 Å². The van der Waals surface area contributed by atoms with E-state index < -0.39 is 0 Å². The van der Waals surface area contributed by atoms with Gasteiger partial charge < -0.3 is 5.21 Å². The minimum absolute atomic E-state index is 0.0972. The zero-order valence-electron chi connectivity index (χ0n) is 4.63. The zero-order chi connectivity index (χ0) is 6.15. The third kappa shape index (κ3) is 0.677. The van der Waals surface area contributed by atoms with E-state index in [1.807, 2.05) is 0 Å². The van der Waals surface area contributed by atoms with Crippen LogP contribution < -0.4 is 0 Å². The fourth-order valence-corrected chi connectivity index (χ4v) is 0.627. The fraction of sp³-hybridized carbons (Fsp3) is 0.750. The first kappa shape index (κ1) is 5.53. The molecule has 0 spiro atoms. The molecule has 0 N–H and O–H groups in total. The Morgan fingerprint density at radius 1 is 1.75 bits per heavy atom. The second-order valence-corrected chi connectivity index (χ2v) is 1.74. The van der Waals surface area contributed by atoms with Gasteiger partial charge in [-0.2, -0.15) is 0 Å². The first-order valence-corrected chi connectivity index (χ1v) is 2.43. The lowest BCUT2D eigenvalue weighted by molar-refractivity contribution is -0.132. The summed E-state index contributed by atoms with van der Waals surface area (Å²) in [5.41, 5.74) is 0. The van der Waals surface area contributed by atoms with Gasteiger partial charge in [0.15, 0.2) is 0 Å². The van der Waals surface area contributed by atoms with Crippen LogP contribution in [0.25, 0.3) is 0 Å². The molecule has 0 unspecified atom stereocenters. The Labute approximate surface area is 47.2 Å². The van der Waals surface area contributed by atoms with E-state index in [4.69, 9.17) is 0 Å². The lowest BCUT2D eigenvalue weighted by Gasteiger charge is -2.28. The Bertz CT molecular complexity index is 115. The highest BCUT2D eigenvalue weighted by atomic mass is 16.6. The number of carbonyl (C=O) groups is 1. The average Bonchev–Trinajstić information content (AvgIpc) is 1.98. The summed E-state index contributed by atoms with van der Waals surface area (Å²) in [5.74, 6) is -0.0972. The summed E-state index contributed by atoms with van der Waals surface area (Å²) in [5, 5.41) is 12.1. The van der Waals surface area contributed by atoms with Crippen LogP contribution in [-0.4, -0.2) is 29.7 Å². The summed E-state index contributed by atoms with van der Waals surface area (Å²) in [4.78, 5) is 10.5. The molecule has 1 aliphatic heterocycles. The maximum Gasteiger partial charge on any atom is 0.237 e. The predicted octanol–water partition coefficient (Wildman–Crippen LogP) is -0.437. The molecule has 0 aromatic carbocycles. The highest BCUT2D eigenvalue weighted by Gasteiger charge is 2.16. The Morgan fingerprint density at radius 3 is 2.50 bits per heavy atom. The molecule has 46 valence electrons. The topological polar surface area (TPSA) is 46.6 Å². The molecule has 1 saturated heterocycles. The van der Waals surface area contributed by atoms with Gasteiger partial charge in [0.2, 0.25) is 5.91 Å². The number of rotatable bonds is 0. The normalized spacial score (nSPS) is 22.8. The molecule has 1 aliphatic rings. The Hall–Kier alpha value is -0.610. The Morgan fingerprint density at radius 2 is 2.38 bits per heavy atom. The summed E-state index contributed by atoms with van der Waals surface area (Å²) in [6.45, 7) is 0.315. The first-order chi connectivity index (χ1) is 3.72. The number of hydrogen-bond donors (Lipinski definition) is 0. The van der Waals surface area contributed by atoms with Crippen molar-refractivity contribution in [3.05, 3.63) is 5.21 Å². The van der Waals surface area contributed by atoms with Crippen molar-refractivity contribution in [2.75, 3.05) is 13.6 Å². The zero-order valence-corrected chi connectivity index (χ0v) is 4.63. The lowest BCUT2D eigenvalue weighted by Crippen LogP contribution is -2.30. The van der Waals surface area contributed by atoms with Crippen molar-refractivity contribution in [2.45, 2.75) is 6.42 Å². The van der Waals surface area contributed by atoms with E-state index in [0.29, 0.717) is 18.1 Å². The van der Waals surface area contributed by atoms with Crippen molar-refractivity contribution >= 4 is 5.91 Å². The SMILES string of the molecule is CN1C(=O)CCN1[O-]. The van der Waals surface area contributed by atoms with Gasteiger partial charge in [-0.1, -0.05) is 0 Å². The van der Waals surface area contributed by atoms with Crippen molar-refractivity contribution in [3.63, 3.8) is 0 Å². The molecule has 0 aromatic heterocycles. The molecule has 1 rings (SSSR count). The van der Waals surface area contributed by atoms with Gasteiger partial charge in [0.25, 0.3) is 0 Å². The number of nitrogens with zero attached hydrogens (tertiary/aromatic N) is 2. The molecule has 0 radical (unpaired) electrons. The van der Waals surface area contributed by atoms with Crippen LogP contribution in [-0.2, 0) is 4.79 Å². The van der Waals surface area contributed by atoms with Gasteiger partial charge in [-0.05, 0) is 0 Å². The summed E-state index contributed by atoms with van der Waals surface area (Å²) in [7, 11) is 1.47. The van der Waals surface area contributed by atoms with Crippen LogP contribution in [0.1, 0.15) is 6.42 Å². The van der Waals surface area contributed by atoms with Crippen LogP contribution in [0.5, 0.6) is 0 Å². The van der Waals surface area contributed by atoms with Crippen molar-refractivity contribution in [1.82, 2.24) is 10.2 Å². The van der Waals surface area contributed by atoms with Gasteiger partial charge in [-0.15, -0.1) is 0 Å². The molecule has 1 amide bonds. The van der Waals surface area contributed by atoms with Gasteiger partial charge in [0.05, 0.1) is 0 Å². The lowest BCUT2D eigenvalue weighted by atomic mass is 10.4. The van der Waals surface area contributed by atoms with Crippen molar-refractivity contribution in [1.29, 1.82) is 0 Å². The minimum Gasteiger partial charge on any atom is -0.767 e. The van der Waals surface area contributed by atoms with Crippen LogP contribution >= 0.6 is 0 Å². The molecule has 8 heavy (non-hydrogen) atoms. The summed E-state index contributed by atoms with van der Waals surface area (Å²) >= 11 is 0. The number of carbonyl (C=O) groups excluding carboxylic acids is 1. The van der Waals surface area contributed by atoms with Crippen LogP contribution in [0.15, 0.2) is 0 Å². The third-order valence-corrected chi connectivity index (χ3v) is 1.21. The minimum atomic E-state index is -0.0972. The molecule has 0 aromatic rings. The van der Waals surface area contributed by atoms with E-state index in [-0.39, 0.29) is 5.91 Å². The summed E-state index contributed by atoms with van der Waals surface area (Å²) in [6, 6.07) is 0. The second kappa shape index (κ2) is 1.72. The molecule has 0 bridgehead atoms. The van der Waals surface area contributed by atoms with E-state index >= 15 is 0 Å². The van der Waals surface area contributed by atoms with Gasteiger partial charge in [-0.3, -0.25) is 15.0 Å². The quantitative estimate of drug-likeness (QED) is 0.430. The van der Waals surface area contributed by atoms with E-state index in [2.05, 4.69) is 0 Å². The molecule has 4 heteroatoms. The van der Waals surface area contributed by atoms with Crippen molar-refractivity contribution in [3.8, 4) is 0 Å². The highest BCUT2D eigenvalue weighted by molar-refractivity contribution is 5.77. The number of hydrazine groups is 1. The molecule has 0 saturated carbocycles. The predicted molar refractivity (Wildman–Crippen MR) is 27.5 cm³/mol. The monoisotopic (exact) mass is 115 g/mol. The van der Waals surface area contributed by atoms with Gasteiger partial charge in [0, 0.05) is 20.0 Å². The standard InChI is InChI=1S/C4H7N2O2/c1-5-4(7)2-3-6(5)8/h2-3H2,1H3/q-1. The van der Waals surface area contributed by atoms with Crippen molar-refractivity contribution in [2.24, 2.45) is 0 Å². The van der Waals surface area contributed by atoms with E-state index in [0.717, 1.165) is 5.01 Å². The molecule has 1 heterocycles. The summed E-state index contributed by atoms with van der Waals surface area (Å²) < 4.78 is 0. The van der Waals surface area contributed by atoms with Crippen LogP contribution in [0.2, 0.25) is 0 Å². The molecule has 0 atom stereocenters. The first-order valence-electron chi connectivity index (χ1n) is 2.43. The third-order valence-electron chi connectivity index (χ3n) is 1.21. The van der Waals surface area contributed by atoms with Gasteiger partial charge in [-0.25, -0.2) is 0 Å². The molecule has 1 fully saturated rings. The largest absolute Gasteiger partial charge is 0.767 e. The summed E-state index contributed by atoms with van der Waals surface area (Å²) in [6.07, 6.45) is 0.361. The second-order valence-electron chi connectivity index (χ2n) is 1.74. The van der Waals surface area contributed by atoms with Gasteiger partial charge >= 0.3 is 0 Å². The molecular weight excluding hydrogens is 108 g/mol. The molecular formula is C4H7N2O2-. The number of hydrogen-bond acceptors (Lipinski definition) is 3. The number of amides is 1. The molecule has 4 nitrogen and oxygen atoms in total. The van der Waals surface area contributed by atoms with E-state index in [1.54, 1.807) is 0 Å². The van der Waals surface area contributed by atoms with Gasteiger partial charge in [0.1, 0.15) is 0 Å². The maximum atomic E-state index is 10.5. The molecule has 0 aliphatic carbocycles. The van der Waals surface area contributed by atoms with Crippen molar-refractivity contribution < 1.29 is 4.79 Å². The maximum absolute atomic E-state index is 10.5. The highest BCUT2D eigenvalue weighted by Crippen LogP contribution is 2.05. The average molecular weight is 115 g/mol. The smallest absolute Gasteiger partial charge is 0.237 e. The Kier molecular flexibility index (Phi) is 1.19. The van der Waals surface area contributed by atoms with E-state index in [9.17, 15) is 10.0 Å². The number of hydroxylamine groups is 1. The fourth-order valence-electron chi connectivity index (χ4n) is 0.627.